The van der Waals surface area contributed by atoms with Gasteiger partial charge in [0, 0.05) is 12.0 Å². The molecule has 3 rings (SSSR count). The van der Waals surface area contributed by atoms with Crippen molar-refractivity contribution in [2.75, 3.05) is 20.1 Å². The number of carbonyl (C=O) groups excluding carboxylic acids is 1. The smallest absolute Gasteiger partial charge is 0.258 e. The van der Waals surface area contributed by atoms with Gasteiger partial charge in [0.2, 0.25) is 0 Å². The van der Waals surface area contributed by atoms with Gasteiger partial charge in [0.25, 0.3) is 5.91 Å². The summed E-state index contributed by atoms with van der Waals surface area (Å²) in [4.78, 5) is 12.3. The van der Waals surface area contributed by atoms with Gasteiger partial charge in [0.1, 0.15) is 17.4 Å². The Bertz CT molecular complexity index is 790. The lowest BCUT2D eigenvalue weighted by atomic mass is 9.98. The van der Waals surface area contributed by atoms with Crippen LogP contribution in [0.3, 0.4) is 0 Å². The molecule has 130 valence electrons. The van der Waals surface area contributed by atoms with Crippen LogP contribution in [-0.4, -0.2) is 36.7 Å². The standard InChI is InChI=1S/C19H19ClN2O3/c1-24-15-8-6-13(7-9-15)18-11-17(21-22(18)19(23)12-20)14-4-3-5-16(10-14)25-2/h3-10,18H,11-12H2,1-2H3. The molecule has 2 aromatic carbocycles. The van der Waals surface area contributed by atoms with E-state index in [0.29, 0.717) is 6.42 Å². The normalized spacial score (nSPS) is 16.5. The maximum atomic E-state index is 12.3. The Morgan fingerprint density at radius 3 is 2.52 bits per heavy atom. The zero-order valence-corrected chi connectivity index (χ0v) is 14.9. The summed E-state index contributed by atoms with van der Waals surface area (Å²) in [5, 5.41) is 6.01. The van der Waals surface area contributed by atoms with Crippen LogP contribution in [0.2, 0.25) is 0 Å². The molecule has 0 N–H and O–H groups in total. The summed E-state index contributed by atoms with van der Waals surface area (Å²) < 4.78 is 10.5. The molecule has 0 saturated heterocycles. The lowest BCUT2D eigenvalue weighted by molar-refractivity contribution is -0.130. The van der Waals surface area contributed by atoms with Gasteiger partial charge in [0.15, 0.2) is 0 Å². The van der Waals surface area contributed by atoms with Crippen molar-refractivity contribution in [1.29, 1.82) is 0 Å². The summed E-state index contributed by atoms with van der Waals surface area (Å²) >= 11 is 5.77. The number of ether oxygens (including phenoxy) is 2. The monoisotopic (exact) mass is 358 g/mol. The number of hydrogen-bond acceptors (Lipinski definition) is 4. The second-order valence-corrected chi connectivity index (χ2v) is 5.91. The van der Waals surface area contributed by atoms with Gasteiger partial charge in [-0.25, -0.2) is 5.01 Å². The molecule has 1 unspecified atom stereocenters. The molecule has 0 saturated carbocycles. The fourth-order valence-electron chi connectivity index (χ4n) is 2.86. The van der Waals surface area contributed by atoms with Crippen molar-refractivity contribution in [2.24, 2.45) is 5.10 Å². The molecule has 6 heteroatoms. The van der Waals surface area contributed by atoms with Crippen molar-refractivity contribution in [1.82, 2.24) is 5.01 Å². The van der Waals surface area contributed by atoms with Crippen molar-refractivity contribution >= 4 is 23.2 Å². The van der Waals surface area contributed by atoms with Gasteiger partial charge in [-0.15, -0.1) is 11.6 Å². The van der Waals surface area contributed by atoms with Crippen molar-refractivity contribution in [3.05, 3.63) is 59.7 Å². The third-order valence-electron chi connectivity index (χ3n) is 4.18. The molecular formula is C19H19ClN2O3. The summed E-state index contributed by atoms with van der Waals surface area (Å²) in [6.07, 6.45) is 0.613. The third-order valence-corrected chi connectivity index (χ3v) is 4.41. The van der Waals surface area contributed by atoms with E-state index in [4.69, 9.17) is 21.1 Å². The highest BCUT2D eigenvalue weighted by molar-refractivity contribution is 6.27. The third kappa shape index (κ3) is 3.61. The van der Waals surface area contributed by atoms with Crippen LogP contribution in [0.4, 0.5) is 0 Å². The first-order chi connectivity index (χ1) is 12.2. The molecule has 1 aliphatic heterocycles. The van der Waals surface area contributed by atoms with Gasteiger partial charge in [-0.3, -0.25) is 4.79 Å². The minimum Gasteiger partial charge on any atom is -0.497 e. The van der Waals surface area contributed by atoms with Crippen LogP contribution in [0.5, 0.6) is 11.5 Å². The van der Waals surface area contributed by atoms with Crippen molar-refractivity contribution in [3.8, 4) is 11.5 Å². The number of nitrogens with zero attached hydrogens (tertiary/aromatic N) is 2. The molecule has 0 aromatic heterocycles. The highest BCUT2D eigenvalue weighted by atomic mass is 35.5. The number of halogens is 1. The van der Waals surface area contributed by atoms with E-state index in [9.17, 15) is 4.79 Å². The molecule has 0 aliphatic carbocycles. The van der Waals surface area contributed by atoms with E-state index in [1.807, 2.05) is 48.5 Å². The van der Waals surface area contributed by atoms with E-state index >= 15 is 0 Å². The largest absolute Gasteiger partial charge is 0.497 e. The summed E-state index contributed by atoms with van der Waals surface area (Å²) in [6, 6.07) is 15.1. The second kappa shape index (κ2) is 7.57. The van der Waals surface area contributed by atoms with Gasteiger partial charge >= 0.3 is 0 Å². The Morgan fingerprint density at radius 1 is 1.16 bits per heavy atom. The SMILES string of the molecule is COc1ccc(C2CC(c3cccc(OC)c3)=NN2C(=O)CCl)cc1. The van der Waals surface area contributed by atoms with E-state index < -0.39 is 0 Å². The molecule has 0 spiro atoms. The zero-order chi connectivity index (χ0) is 17.8. The Balaban J connectivity index is 1.93. The number of hydrazone groups is 1. The molecule has 1 heterocycles. The van der Waals surface area contributed by atoms with Crippen LogP contribution in [-0.2, 0) is 4.79 Å². The van der Waals surface area contributed by atoms with E-state index in [0.717, 1.165) is 28.3 Å². The first kappa shape index (κ1) is 17.3. The van der Waals surface area contributed by atoms with E-state index in [2.05, 4.69) is 5.10 Å². The maximum Gasteiger partial charge on any atom is 0.258 e. The summed E-state index contributed by atoms with van der Waals surface area (Å²) in [5.41, 5.74) is 2.75. The van der Waals surface area contributed by atoms with E-state index in [1.165, 1.54) is 5.01 Å². The molecule has 1 atom stereocenters. The second-order valence-electron chi connectivity index (χ2n) is 5.64. The van der Waals surface area contributed by atoms with Crippen LogP contribution in [0, 0.1) is 0 Å². The van der Waals surface area contributed by atoms with Crippen LogP contribution >= 0.6 is 11.6 Å². The Labute approximate surface area is 151 Å². The average molecular weight is 359 g/mol. The fraction of sp³-hybridized carbons (Fsp3) is 0.263. The van der Waals surface area contributed by atoms with Gasteiger partial charge in [-0.1, -0.05) is 24.3 Å². The minimum atomic E-state index is -0.222. The number of rotatable bonds is 5. The number of hydrogen-bond donors (Lipinski definition) is 0. The molecule has 25 heavy (non-hydrogen) atoms. The molecule has 0 bridgehead atoms. The summed E-state index contributed by atoms with van der Waals surface area (Å²) in [6.45, 7) is 0. The molecule has 0 fully saturated rings. The van der Waals surface area contributed by atoms with Crippen molar-refractivity contribution in [3.63, 3.8) is 0 Å². The number of amides is 1. The van der Waals surface area contributed by atoms with Crippen LogP contribution in [0.25, 0.3) is 0 Å². The van der Waals surface area contributed by atoms with Crippen LogP contribution in [0.15, 0.2) is 53.6 Å². The number of benzene rings is 2. The predicted octanol–water partition coefficient (Wildman–Crippen LogP) is 3.62. The fourth-order valence-corrected chi connectivity index (χ4v) is 2.99. The quantitative estimate of drug-likeness (QED) is 0.767. The van der Waals surface area contributed by atoms with Crippen molar-refractivity contribution < 1.29 is 14.3 Å². The predicted molar refractivity (Wildman–Crippen MR) is 97.4 cm³/mol. The highest BCUT2D eigenvalue weighted by Gasteiger charge is 2.32. The van der Waals surface area contributed by atoms with Crippen molar-refractivity contribution in [2.45, 2.75) is 12.5 Å². The Morgan fingerprint density at radius 2 is 1.88 bits per heavy atom. The molecule has 0 radical (unpaired) electrons. The first-order valence-electron chi connectivity index (χ1n) is 7.90. The zero-order valence-electron chi connectivity index (χ0n) is 14.1. The van der Waals surface area contributed by atoms with Crippen LogP contribution < -0.4 is 9.47 Å². The van der Waals surface area contributed by atoms with Gasteiger partial charge in [-0.2, -0.15) is 5.10 Å². The van der Waals surface area contributed by atoms with Gasteiger partial charge in [-0.05, 0) is 29.8 Å². The number of alkyl halides is 1. The lowest BCUT2D eigenvalue weighted by Crippen LogP contribution is -2.27. The highest BCUT2D eigenvalue weighted by Crippen LogP contribution is 2.34. The molecular weight excluding hydrogens is 340 g/mol. The Hall–Kier alpha value is -2.53. The lowest BCUT2D eigenvalue weighted by Gasteiger charge is -2.21. The van der Waals surface area contributed by atoms with E-state index in [1.54, 1.807) is 14.2 Å². The summed E-state index contributed by atoms with van der Waals surface area (Å²) in [5.74, 6) is 1.19. The average Bonchev–Trinajstić information content (AvgIpc) is 3.13. The molecule has 1 aliphatic rings. The van der Waals surface area contributed by atoms with Gasteiger partial charge < -0.3 is 9.47 Å². The molecule has 2 aromatic rings. The topological polar surface area (TPSA) is 51.1 Å². The Kier molecular flexibility index (Phi) is 5.24. The first-order valence-corrected chi connectivity index (χ1v) is 8.43. The summed E-state index contributed by atoms with van der Waals surface area (Å²) in [7, 11) is 3.25. The van der Waals surface area contributed by atoms with E-state index in [-0.39, 0.29) is 17.8 Å². The molecule has 1 amide bonds. The van der Waals surface area contributed by atoms with Crippen LogP contribution in [0.1, 0.15) is 23.6 Å². The minimum absolute atomic E-state index is 0.110. The van der Waals surface area contributed by atoms with Gasteiger partial charge in [0.05, 0.1) is 26.0 Å². The molecule has 5 nitrogen and oxygen atoms in total. The number of carbonyl (C=O) groups is 1. The maximum absolute atomic E-state index is 12.3. The number of methoxy groups -OCH3 is 2.